The number of anilines is 1. The molecule has 0 aliphatic rings. The third-order valence-corrected chi connectivity index (χ3v) is 3.87. The highest BCUT2D eigenvalue weighted by Crippen LogP contribution is 2.17. The molecular weight excluding hydrogens is 374 g/mol. The topological polar surface area (TPSA) is 110 Å². The number of hydrogen-bond donors (Lipinski definition) is 3. The molecule has 0 aliphatic carbocycles. The van der Waals surface area contributed by atoms with E-state index in [1.807, 2.05) is 6.07 Å². The number of nitrogens with one attached hydrogen (secondary N) is 3. The van der Waals surface area contributed by atoms with Crippen LogP contribution in [0.15, 0.2) is 77.4 Å². The molecule has 8 heteroatoms. The number of carbonyl (C=O) groups is 3. The Labute approximate surface area is 166 Å². The molecule has 2 aromatic carbocycles. The SMILES string of the molecule is O=C(COC(=O)c1ccccc1NCc1ccco1)NNC(=O)c1ccccc1. The smallest absolute Gasteiger partial charge is 0.340 e. The van der Waals surface area contributed by atoms with Gasteiger partial charge in [0, 0.05) is 11.3 Å². The van der Waals surface area contributed by atoms with Crippen LogP contribution in [-0.4, -0.2) is 24.4 Å². The molecule has 29 heavy (non-hydrogen) atoms. The average Bonchev–Trinajstić information content (AvgIpc) is 3.29. The van der Waals surface area contributed by atoms with Crippen LogP contribution in [0.3, 0.4) is 0 Å². The van der Waals surface area contributed by atoms with Gasteiger partial charge in [0.2, 0.25) is 0 Å². The maximum absolute atomic E-state index is 12.3. The van der Waals surface area contributed by atoms with Gasteiger partial charge in [0.15, 0.2) is 6.61 Å². The lowest BCUT2D eigenvalue weighted by molar-refractivity contribution is -0.125. The van der Waals surface area contributed by atoms with Gasteiger partial charge in [0.25, 0.3) is 11.8 Å². The summed E-state index contributed by atoms with van der Waals surface area (Å²) < 4.78 is 10.3. The minimum absolute atomic E-state index is 0.278. The average molecular weight is 393 g/mol. The first-order valence-electron chi connectivity index (χ1n) is 8.80. The number of para-hydroxylation sites is 1. The predicted octanol–water partition coefficient (Wildman–Crippen LogP) is 2.51. The second kappa shape index (κ2) is 9.75. The summed E-state index contributed by atoms with van der Waals surface area (Å²) in [6.45, 7) is -0.149. The molecule has 3 N–H and O–H groups in total. The first kappa shape index (κ1) is 19.7. The van der Waals surface area contributed by atoms with Crippen LogP contribution < -0.4 is 16.2 Å². The molecule has 148 valence electrons. The Kier molecular flexibility index (Phi) is 6.62. The van der Waals surface area contributed by atoms with Crippen molar-refractivity contribution < 1.29 is 23.5 Å². The second-order valence-electron chi connectivity index (χ2n) is 5.92. The lowest BCUT2D eigenvalue weighted by Gasteiger charge is -2.11. The van der Waals surface area contributed by atoms with E-state index in [1.54, 1.807) is 66.9 Å². The van der Waals surface area contributed by atoms with Gasteiger partial charge in [-0.25, -0.2) is 4.79 Å². The van der Waals surface area contributed by atoms with Crippen LogP contribution in [0.5, 0.6) is 0 Å². The van der Waals surface area contributed by atoms with Crippen molar-refractivity contribution in [2.24, 2.45) is 0 Å². The zero-order chi connectivity index (χ0) is 20.5. The molecular formula is C21H19N3O5. The Morgan fingerprint density at radius 1 is 0.862 bits per heavy atom. The van der Waals surface area contributed by atoms with Crippen LogP contribution in [0, 0.1) is 0 Å². The summed E-state index contributed by atoms with van der Waals surface area (Å²) in [7, 11) is 0. The standard InChI is InChI=1S/C21H19N3O5/c25-19(23-24-20(26)15-7-2-1-3-8-15)14-29-21(27)17-10-4-5-11-18(17)22-13-16-9-6-12-28-16/h1-12,22H,13-14H2,(H,23,25)(H,24,26). The van der Waals surface area contributed by atoms with E-state index in [9.17, 15) is 14.4 Å². The molecule has 0 saturated heterocycles. The lowest BCUT2D eigenvalue weighted by atomic mass is 10.2. The van der Waals surface area contributed by atoms with Crippen molar-refractivity contribution in [1.29, 1.82) is 0 Å². The summed E-state index contributed by atoms with van der Waals surface area (Å²) in [5.41, 5.74) is 5.68. The fourth-order valence-corrected chi connectivity index (χ4v) is 2.44. The predicted molar refractivity (Wildman–Crippen MR) is 105 cm³/mol. The van der Waals surface area contributed by atoms with E-state index < -0.39 is 24.4 Å². The minimum atomic E-state index is -0.669. The van der Waals surface area contributed by atoms with Gasteiger partial charge in [0.05, 0.1) is 18.4 Å². The van der Waals surface area contributed by atoms with Gasteiger partial charge >= 0.3 is 5.97 Å². The Balaban J connectivity index is 1.48. The molecule has 1 heterocycles. The summed E-state index contributed by atoms with van der Waals surface area (Å²) in [5, 5.41) is 3.09. The first-order chi connectivity index (χ1) is 14.1. The van der Waals surface area contributed by atoms with Gasteiger partial charge in [-0.2, -0.15) is 0 Å². The number of ether oxygens (including phenoxy) is 1. The van der Waals surface area contributed by atoms with Gasteiger partial charge in [-0.3, -0.25) is 20.4 Å². The van der Waals surface area contributed by atoms with E-state index in [4.69, 9.17) is 9.15 Å². The number of esters is 1. The maximum Gasteiger partial charge on any atom is 0.340 e. The first-order valence-corrected chi connectivity index (χ1v) is 8.80. The highest BCUT2D eigenvalue weighted by molar-refractivity contribution is 5.97. The summed E-state index contributed by atoms with van der Waals surface area (Å²) in [5.74, 6) is -1.10. The van der Waals surface area contributed by atoms with E-state index in [-0.39, 0.29) is 5.56 Å². The quantitative estimate of drug-likeness (QED) is 0.420. The number of benzene rings is 2. The maximum atomic E-state index is 12.3. The van der Waals surface area contributed by atoms with Crippen molar-refractivity contribution in [1.82, 2.24) is 10.9 Å². The van der Waals surface area contributed by atoms with E-state index in [2.05, 4.69) is 16.2 Å². The molecule has 3 rings (SSSR count). The zero-order valence-corrected chi connectivity index (χ0v) is 15.4. The molecule has 0 atom stereocenters. The van der Waals surface area contributed by atoms with Crippen LogP contribution in [0.1, 0.15) is 26.5 Å². The Morgan fingerprint density at radius 3 is 2.38 bits per heavy atom. The van der Waals surface area contributed by atoms with Crippen LogP contribution in [0.25, 0.3) is 0 Å². The van der Waals surface area contributed by atoms with Gasteiger partial charge in [-0.15, -0.1) is 0 Å². The second-order valence-corrected chi connectivity index (χ2v) is 5.92. The number of hydrazine groups is 1. The number of furan rings is 1. The van der Waals surface area contributed by atoms with Crippen molar-refractivity contribution >= 4 is 23.5 Å². The molecule has 0 fully saturated rings. The van der Waals surface area contributed by atoms with Gasteiger partial charge < -0.3 is 14.5 Å². The fourth-order valence-electron chi connectivity index (χ4n) is 2.44. The van der Waals surface area contributed by atoms with Crippen LogP contribution in [0.2, 0.25) is 0 Å². The van der Waals surface area contributed by atoms with Crippen molar-refractivity contribution in [3.8, 4) is 0 Å². The molecule has 0 unspecified atom stereocenters. The number of carbonyl (C=O) groups excluding carboxylic acids is 3. The van der Waals surface area contributed by atoms with Gasteiger partial charge in [-0.1, -0.05) is 30.3 Å². The van der Waals surface area contributed by atoms with Crippen molar-refractivity contribution in [3.63, 3.8) is 0 Å². The Bertz CT molecular complexity index is 971. The molecule has 0 aliphatic heterocycles. The molecule has 2 amide bonds. The molecule has 0 bridgehead atoms. The molecule has 0 radical (unpaired) electrons. The number of hydrogen-bond acceptors (Lipinski definition) is 6. The van der Waals surface area contributed by atoms with Crippen molar-refractivity contribution in [2.75, 3.05) is 11.9 Å². The third-order valence-electron chi connectivity index (χ3n) is 3.87. The Morgan fingerprint density at radius 2 is 1.62 bits per heavy atom. The lowest BCUT2D eigenvalue weighted by Crippen LogP contribution is -2.43. The number of rotatable bonds is 7. The summed E-state index contributed by atoms with van der Waals surface area (Å²) in [6, 6.07) is 18.7. The van der Waals surface area contributed by atoms with E-state index in [1.165, 1.54) is 0 Å². The highest BCUT2D eigenvalue weighted by atomic mass is 16.5. The minimum Gasteiger partial charge on any atom is -0.467 e. The fraction of sp³-hybridized carbons (Fsp3) is 0.0952. The van der Waals surface area contributed by atoms with Crippen LogP contribution in [0.4, 0.5) is 5.69 Å². The van der Waals surface area contributed by atoms with E-state index in [0.717, 1.165) is 0 Å². The molecule has 1 aromatic heterocycles. The van der Waals surface area contributed by atoms with Crippen LogP contribution >= 0.6 is 0 Å². The van der Waals surface area contributed by atoms with Crippen molar-refractivity contribution in [3.05, 3.63) is 89.9 Å². The van der Waals surface area contributed by atoms with Crippen LogP contribution in [-0.2, 0) is 16.1 Å². The highest BCUT2D eigenvalue weighted by Gasteiger charge is 2.15. The number of amides is 2. The molecule has 0 spiro atoms. The van der Waals surface area contributed by atoms with Crippen molar-refractivity contribution in [2.45, 2.75) is 6.54 Å². The Hall–Kier alpha value is -4.07. The monoisotopic (exact) mass is 393 g/mol. The summed E-state index contributed by atoms with van der Waals surface area (Å²) >= 11 is 0. The summed E-state index contributed by atoms with van der Waals surface area (Å²) in [6.07, 6.45) is 1.56. The zero-order valence-electron chi connectivity index (χ0n) is 15.4. The van der Waals surface area contributed by atoms with Gasteiger partial charge in [-0.05, 0) is 36.4 Å². The van der Waals surface area contributed by atoms with E-state index >= 15 is 0 Å². The normalized spacial score (nSPS) is 10.1. The van der Waals surface area contributed by atoms with E-state index in [0.29, 0.717) is 23.6 Å². The summed E-state index contributed by atoms with van der Waals surface area (Å²) in [4.78, 5) is 36.1. The molecule has 0 saturated carbocycles. The largest absolute Gasteiger partial charge is 0.467 e. The van der Waals surface area contributed by atoms with Gasteiger partial charge in [0.1, 0.15) is 5.76 Å². The molecule has 3 aromatic rings. The third kappa shape index (κ3) is 5.70. The molecule has 8 nitrogen and oxygen atoms in total.